The van der Waals surface area contributed by atoms with Gasteiger partial charge in [-0.05, 0) is 38.1 Å². The molecule has 2 aromatic rings. The summed E-state index contributed by atoms with van der Waals surface area (Å²) in [6.07, 6.45) is -1.25. The number of phenols is 1. The highest BCUT2D eigenvalue weighted by Gasteiger charge is 2.18. The molecule has 0 aliphatic rings. The number of nitro groups is 1. The molecule has 11 heteroatoms. The van der Waals surface area contributed by atoms with Crippen molar-refractivity contribution in [2.75, 3.05) is 5.73 Å². The number of esters is 3. The maximum atomic E-state index is 10.9. The Bertz CT molecular complexity index is 1040. The number of rotatable bonds is 6. The van der Waals surface area contributed by atoms with E-state index in [2.05, 4.69) is 0 Å². The number of nitrogens with two attached hydrogens (primary N) is 1. The molecule has 2 unspecified atom stereocenters. The summed E-state index contributed by atoms with van der Waals surface area (Å²) in [6.45, 7) is 11.1. The average Bonchev–Trinajstić information content (AvgIpc) is 2.75. The molecule has 0 saturated heterocycles. The maximum absolute atomic E-state index is 10.9. The molecule has 35 heavy (non-hydrogen) atoms. The zero-order valence-electron chi connectivity index (χ0n) is 20.9. The van der Waals surface area contributed by atoms with E-state index >= 15 is 0 Å². The fourth-order valence-corrected chi connectivity index (χ4v) is 2.74. The van der Waals surface area contributed by atoms with Crippen LogP contribution in [0.3, 0.4) is 0 Å². The first-order chi connectivity index (χ1) is 16.3. The van der Waals surface area contributed by atoms with Crippen molar-refractivity contribution < 1.29 is 38.6 Å². The molecule has 0 saturated carbocycles. The third-order valence-electron chi connectivity index (χ3n) is 4.07. The number of aromatic hydroxyl groups is 1. The lowest BCUT2D eigenvalue weighted by Gasteiger charge is -2.16. The smallest absolute Gasteiger partial charge is 0.308 e. The van der Waals surface area contributed by atoms with Crippen LogP contribution in [0.5, 0.6) is 11.5 Å². The van der Waals surface area contributed by atoms with E-state index in [0.29, 0.717) is 17.0 Å². The number of ether oxygens (including phenoxy) is 3. The molecule has 192 valence electrons. The molecule has 0 amide bonds. The molecule has 0 bridgehead atoms. The second-order valence-corrected chi connectivity index (χ2v) is 6.89. The molecule has 2 aromatic carbocycles. The van der Waals surface area contributed by atoms with Crippen LogP contribution in [-0.2, 0) is 23.9 Å². The van der Waals surface area contributed by atoms with Gasteiger partial charge in [0, 0.05) is 49.7 Å². The van der Waals surface area contributed by atoms with Crippen LogP contribution in [0.25, 0.3) is 0 Å². The third-order valence-corrected chi connectivity index (χ3v) is 4.07. The molecular weight excluding hydrogens is 460 g/mol. The van der Waals surface area contributed by atoms with Gasteiger partial charge in [0.15, 0.2) is 0 Å². The van der Waals surface area contributed by atoms with E-state index in [9.17, 15) is 29.6 Å². The SMILES string of the molecule is CC.CC(=O)OC(C)c1cc([N+](=O)[O-])ccc1O.CC(=O)Oc1ccc(N)cc1C(C)OC(C)=O. The summed E-state index contributed by atoms with van der Waals surface area (Å²) in [5, 5.41) is 20.0. The van der Waals surface area contributed by atoms with Gasteiger partial charge in [-0.3, -0.25) is 24.5 Å². The number of anilines is 1. The number of hydrogen-bond acceptors (Lipinski definition) is 10. The average molecular weight is 493 g/mol. The monoisotopic (exact) mass is 492 g/mol. The molecule has 0 aliphatic heterocycles. The fourth-order valence-electron chi connectivity index (χ4n) is 2.74. The Kier molecular flexibility index (Phi) is 13.1. The highest BCUT2D eigenvalue weighted by Crippen LogP contribution is 2.31. The van der Waals surface area contributed by atoms with Crippen molar-refractivity contribution in [2.45, 2.75) is 60.7 Å². The first-order valence-corrected chi connectivity index (χ1v) is 10.7. The van der Waals surface area contributed by atoms with Gasteiger partial charge in [0.05, 0.1) is 4.92 Å². The van der Waals surface area contributed by atoms with Crippen LogP contribution in [0.4, 0.5) is 11.4 Å². The first-order valence-electron chi connectivity index (χ1n) is 10.7. The minimum absolute atomic E-state index is 0.139. The zero-order chi connectivity index (χ0) is 27.3. The Labute approximate surface area is 203 Å². The third kappa shape index (κ3) is 11.0. The molecule has 0 aliphatic carbocycles. The highest BCUT2D eigenvalue weighted by molar-refractivity contribution is 5.71. The van der Waals surface area contributed by atoms with Gasteiger partial charge in [-0.2, -0.15) is 0 Å². The number of phenolic OH excluding ortho intramolecular Hbond substituents is 1. The fraction of sp³-hybridized carbons (Fsp3) is 0.375. The van der Waals surface area contributed by atoms with E-state index in [1.807, 2.05) is 13.8 Å². The standard InChI is InChI=1S/C12H15NO4.C10H11NO5.C2H6/c1-7(16-8(2)14)11-6-10(13)4-5-12(11)17-9(3)15;1-6(16-7(2)12)9-5-8(11(14)15)3-4-10(9)13;1-2/h4-7H,13H2,1-3H3;3-6,13H,1-2H3;1-2H3. The van der Waals surface area contributed by atoms with Gasteiger partial charge >= 0.3 is 17.9 Å². The van der Waals surface area contributed by atoms with Gasteiger partial charge in [0.25, 0.3) is 5.69 Å². The topological polar surface area (TPSA) is 168 Å². The van der Waals surface area contributed by atoms with Crippen molar-refractivity contribution in [3.8, 4) is 11.5 Å². The number of benzene rings is 2. The molecule has 0 aromatic heterocycles. The predicted octanol–water partition coefficient (Wildman–Crippen LogP) is 4.77. The second-order valence-electron chi connectivity index (χ2n) is 6.89. The van der Waals surface area contributed by atoms with Crippen LogP contribution in [0.2, 0.25) is 0 Å². The van der Waals surface area contributed by atoms with Crippen molar-refractivity contribution in [2.24, 2.45) is 0 Å². The number of nitro benzene ring substituents is 1. The van der Waals surface area contributed by atoms with Gasteiger partial charge in [-0.15, -0.1) is 0 Å². The van der Waals surface area contributed by atoms with E-state index in [0.717, 1.165) is 0 Å². The van der Waals surface area contributed by atoms with Crippen molar-refractivity contribution in [3.05, 3.63) is 57.6 Å². The lowest BCUT2D eigenvalue weighted by Crippen LogP contribution is -2.10. The molecule has 2 atom stereocenters. The van der Waals surface area contributed by atoms with Crippen LogP contribution in [0, 0.1) is 10.1 Å². The second kappa shape index (κ2) is 14.9. The molecule has 0 radical (unpaired) electrons. The summed E-state index contributed by atoms with van der Waals surface area (Å²) in [5.74, 6) is -1.15. The maximum Gasteiger partial charge on any atom is 0.308 e. The van der Waals surface area contributed by atoms with Gasteiger partial charge < -0.3 is 25.1 Å². The van der Waals surface area contributed by atoms with Gasteiger partial charge in [0.2, 0.25) is 0 Å². The molecule has 3 N–H and O–H groups in total. The van der Waals surface area contributed by atoms with Crippen molar-refractivity contribution in [1.29, 1.82) is 0 Å². The number of carbonyl (C=O) groups excluding carboxylic acids is 3. The number of hydrogen-bond donors (Lipinski definition) is 2. The molecule has 11 nitrogen and oxygen atoms in total. The Balaban J connectivity index is 0.000000618. The van der Waals surface area contributed by atoms with Crippen LogP contribution in [0.15, 0.2) is 36.4 Å². The summed E-state index contributed by atoms with van der Waals surface area (Å²) < 4.78 is 14.9. The molecule has 0 spiro atoms. The molecule has 2 rings (SSSR count). The number of non-ortho nitro benzene ring substituents is 1. The van der Waals surface area contributed by atoms with Gasteiger partial charge in [-0.25, -0.2) is 0 Å². The van der Waals surface area contributed by atoms with Gasteiger partial charge in [0.1, 0.15) is 23.7 Å². The Hall–Kier alpha value is -4.15. The number of nitrogen functional groups attached to an aromatic ring is 1. The van der Waals surface area contributed by atoms with E-state index in [1.165, 1.54) is 45.9 Å². The quantitative estimate of drug-likeness (QED) is 0.188. The largest absolute Gasteiger partial charge is 0.508 e. The van der Waals surface area contributed by atoms with Crippen molar-refractivity contribution >= 4 is 29.3 Å². The van der Waals surface area contributed by atoms with E-state index < -0.39 is 35.0 Å². The van der Waals surface area contributed by atoms with Crippen LogP contribution in [0.1, 0.15) is 71.8 Å². The van der Waals surface area contributed by atoms with Crippen LogP contribution < -0.4 is 10.5 Å². The summed E-state index contributed by atoms with van der Waals surface area (Å²) >= 11 is 0. The molecular formula is C24H32N2O9. The lowest BCUT2D eigenvalue weighted by molar-refractivity contribution is -0.385. The van der Waals surface area contributed by atoms with Crippen molar-refractivity contribution in [1.82, 2.24) is 0 Å². The van der Waals surface area contributed by atoms with E-state index in [4.69, 9.17) is 19.9 Å². The zero-order valence-corrected chi connectivity index (χ0v) is 20.9. The number of carbonyl (C=O) groups is 3. The minimum atomic E-state index is -0.725. The van der Waals surface area contributed by atoms with Crippen LogP contribution in [-0.4, -0.2) is 27.9 Å². The Morgan fingerprint density at radius 3 is 1.86 bits per heavy atom. The molecule has 0 heterocycles. The highest BCUT2D eigenvalue weighted by atomic mass is 16.6. The van der Waals surface area contributed by atoms with E-state index in [1.54, 1.807) is 25.1 Å². The first kappa shape index (κ1) is 30.9. The van der Waals surface area contributed by atoms with Gasteiger partial charge in [-0.1, -0.05) is 13.8 Å². The Morgan fingerprint density at radius 2 is 1.40 bits per heavy atom. The lowest BCUT2D eigenvalue weighted by atomic mass is 10.1. The Morgan fingerprint density at radius 1 is 0.886 bits per heavy atom. The minimum Gasteiger partial charge on any atom is -0.508 e. The number of nitrogens with zero attached hydrogens (tertiary/aromatic N) is 1. The molecule has 0 fully saturated rings. The predicted molar refractivity (Wildman–Crippen MR) is 129 cm³/mol. The summed E-state index contributed by atoms with van der Waals surface area (Å²) in [7, 11) is 0. The summed E-state index contributed by atoms with van der Waals surface area (Å²) in [5.41, 5.74) is 6.77. The van der Waals surface area contributed by atoms with E-state index in [-0.39, 0.29) is 17.0 Å². The van der Waals surface area contributed by atoms with Crippen molar-refractivity contribution in [3.63, 3.8) is 0 Å². The van der Waals surface area contributed by atoms with Crippen LogP contribution >= 0.6 is 0 Å². The summed E-state index contributed by atoms with van der Waals surface area (Å²) in [6, 6.07) is 8.37. The normalized spacial score (nSPS) is 11.3. The summed E-state index contributed by atoms with van der Waals surface area (Å²) in [4.78, 5) is 42.5.